The van der Waals surface area contributed by atoms with E-state index in [1.165, 1.54) is 56.3 Å². The highest BCUT2D eigenvalue weighted by Crippen LogP contribution is 2.49. The first-order valence-corrected chi connectivity index (χ1v) is 13.7. The molecular formula is C30H34N4O4. The molecule has 2 N–H and O–H groups in total. The van der Waals surface area contributed by atoms with E-state index in [1.807, 2.05) is 0 Å². The zero-order valence-corrected chi connectivity index (χ0v) is 21.8. The second-order valence-electron chi connectivity index (χ2n) is 11.4. The molecule has 4 amide bonds. The van der Waals surface area contributed by atoms with Crippen LogP contribution in [0.2, 0.25) is 0 Å². The van der Waals surface area contributed by atoms with Gasteiger partial charge in [0, 0.05) is 25.2 Å². The molecule has 38 heavy (non-hydrogen) atoms. The number of piperidine rings is 2. The Morgan fingerprint density at radius 3 is 2.47 bits per heavy atom. The van der Waals surface area contributed by atoms with Gasteiger partial charge in [-0.3, -0.25) is 34.3 Å². The van der Waals surface area contributed by atoms with Crippen LogP contribution in [0, 0.1) is 12.3 Å². The SMILES string of the molecule is Cc1cc(CNc2cccc3c2C(=O)N(C2CCC(=O)NC2=O)C3=O)ccc1CN1CCC2(CCC2)CC1. The summed E-state index contributed by atoms with van der Waals surface area (Å²) in [6, 6.07) is 10.7. The Balaban J connectivity index is 1.12. The van der Waals surface area contributed by atoms with Crippen LogP contribution in [-0.2, 0) is 22.7 Å². The Kier molecular flexibility index (Phi) is 6.30. The minimum Gasteiger partial charge on any atom is -0.380 e. The minimum atomic E-state index is -0.970. The van der Waals surface area contributed by atoms with Crippen molar-refractivity contribution in [3.63, 3.8) is 0 Å². The van der Waals surface area contributed by atoms with E-state index < -0.39 is 23.8 Å². The van der Waals surface area contributed by atoms with Crippen molar-refractivity contribution in [2.45, 2.75) is 71.0 Å². The molecule has 8 nitrogen and oxygen atoms in total. The number of nitrogens with zero attached hydrogens (tertiary/aromatic N) is 2. The van der Waals surface area contributed by atoms with Crippen LogP contribution >= 0.6 is 0 Å². The monoisotopic (exact) mass is 514 g/mol. The highest BCUT2D eigenvalue weighted by Gasteiger charge is 2.45. The van der Waals surface area contributed by atoms with Gasteiger partial charge in [0.25, 0.3) is 11.8 Å². The zero-order chi connectivity index (χ0) is 26.4. The van der Waals surface area contributed by atoms with Gasteiger partial charge in [0.2, 0.25) is 11.8 Å². The van der Waals surface area contributed by atoms with Gasteiger partial charge in [0.15, 0.2) is 0 Å². The molecule has 0 bridgehead atoms. The van der Waals surface area contributed by atoms with E-state index in [1.54, 1.807) is 18.2 Å². The van der Waals surface area contributed by atoms with Gasteiger partial charge < -0.3 is 5.32 Å². The van der Waals surface area contributed by atoms with Crippen LogP contribution in [0.15, 0.2) is 36.4 Å². The Morgan fingerprint density at radius 2 is 1.79 bits per heavy atom. The molecule has 198 valence electrons. The third-order valence-corrected chi connectivity index (χ3v) is 9.08. The third-order valence-electron chi connectivity index (χ3n) is 9.08. The first-order valence-electron chi connectivity index (χ1n) is 13.7. The molecule has 8 heteroatoms. The average molecular weight is 515 g/mol. The molecule has 6 rings (SSSR count). The lowest BCUT2D eigenvalue weighted by Crippen LogP contribution is -2.54. The number of hydrogen-bond donors (Lipinski definition) is 2. The lowest BCUT2D eigenvalue weighted by atomic mass is 9.63. The van der Waals surface area contributed by atoms with Gasteiger partial charge in [-0.05, 0) is 86.4 Å². The van der Waals surface area contributed by atoms with Gasteiger partial charge in [-0.2, -0.15) is 0 Å². The van der Waals surface area contributed by atoms with Crippen LogP contribution < -0.4 is 10.6 Å². The van der Waals surface area contributed by atoms with Crippen molar-refractivity contribution < 1.29 is 19.2 Å². The van der Waals surface area contributed by atoms with Crippen molar-refractivity contribution in [3.8, 4) is 0 Å². The number of likely N-dealkylation sites (tertiary alicyclic amines) is 1. The number of rotatable bonds is 6. The summed E-state index contributed by atoms with van der Waals surface area (Å²) in [5, 5.41) is 5.58. The Hall–Kier alpha value is -3.52. The highest BCUT2D eigenvalue weighted by molar-refractivity contribution is 6.25. The van der Waals surface area contributed by atoms with Crippen molar-refractivity contribution in [3.05, 3.63) is 64.2 Å². The van der Waals surface area contributed by atoms with Gasteiger partial charge in [0.1, 0.15) is 6.04 Å². The third kappa shape index (κ3) is 4.41. The Morgan fingerprint density at radius 1 is 1.00 bits per heavy atom. The molecule has 1 spiro atoms. The van der Waals surface area contributed by atoms with E-state index in [-0.39, 0.29) is 29.9 Å². The fourth-order valence-electron chi connectivity index (χ4n) is 6.51. The zero-order valence-electron chi connectivity index (χ0n) is 21.8. The first kappa shape index (κ1) is 24.8. The molecule has 2 aromatic carbocycles. The standard InChI is InChI=1S/C30H34N4O4/c1-19-16-20(6-7-21(19)18-33-14-12-30(13-15-33)10-3-11-30)17-31-23-5-2-4-22-26(23)29(38)34(28(22)37)24-8-9-25(35)32-27(24)36/h2,4-7,16,24,31H,3,8-15,17-18H2,1H3,(H,32,35,36). The predicted molar refractivity (Wildman–Crippen MR) is 142 cm³/mol. The molecule has 1 unspecified atom stereocenters. The van der Waals surface area contributed by atoms with Crippen LogP contribution in [0.3, 0.4) is 0 Å². The van der Waals surface area contributed by atoms with Gasteiger partial charge in [-0.25, -0.2) is 0 Å². The molecule has 1 atom stereocenters. The van der Waals surface area contributed by atoms with Crippen LogP contribution in [0.1, 0.15) is 82.4 Å². The van der Waals surface area contributed by atoms with E-state index in [4.69, 9.17) is 0 Å². The quantitative estimate of drug-likeness (QED) is 0.570. The molecule has 3 heterocycles. The maximum Gasteiger partial charge on any atom is 0.264 e. The van der Waals surface area contributed by atoms with Crippen LogP contribution in [0.4, 0.5) is 5.69 Å². The van der Waals surface area contributed by atoms with Crippen molar-refractivity contribution in [1.29, 1.82) is 0 Å². The van der Waals surface area contributed by atoms with Crippen molar-refractivity contribution in [2.75, 3.05) is 18.4 Å². The fourth-order valence-corrected chi connectivity index (χ4v) is 6.51. The van der Waals surface area contributed by atoms with Gasteiger partial charge in [0.05, 0.1) is 11.1 Å². The van der Waals surface area contributed by atoms with Gasteiger partial charge in [-0.15, -0.1) is 0 Å². The molecule has 1 aliphatic carbocycles. The molecule has 0 aromatic heterocycles. The van der Waals surface area contributed by atoms with Crippen molar-refractivity contribution in [2.24, 2.45) is 5.41 Å². The maximum absolute atomic E-state index is 13.3. The summed E-state index contributed by atoms with van der Waals surface area (Å²) in [5.74, 6) is -1.99. The molecule has 3 fully saturated rings. The molecule has 2 aromatic rings. The number of hydrogen-bond acceptors (Lipinski definition) is 6. The number of carbonyl (C=O) groups excluding carboxylic acids is 4. The van der Waals surface area contributed by atoms with E-state index in [0.29, 0.717) is 17.6 Å². The number of aryl methyl sites for hydroxylation is 1. The summed E-state index contributed by atoms with van der Waals surface area (Å²) in [7, 11) is 0. The van der Waals surface area contributed by atoms with Gasteiger partial charge in [-0.1, -0.05) is 30.7 Å². The number of anilines is 1. The fraction of sp³-hybridized carbons (Fsp3) is 0.467. The lowest BCUT2D eigenvalue weighted by molar-refractivity contribution is -0.136. The molecule has 1 saturated carbocycles. The van der Waals surface area contributed by atoms with Crippen LogP contribution in [0.5, 0.6) is 0 Å². The molecule has 4 aliphatic rings. The smallest absolute Gasteiger partial charge is 0.264 e. The summed E-state index contributed by atoms with van der Waals surface area (Å²) >= 11 is 0. The number of fused-ring (bicyclic) bond motifs is 1. The summed E-state index contributed by atoms with van der Waals surface area (Å²) in [5.41, 5.74) is 5.47. The minimum absolute atomic E-state index is 0.100. The van der Waals surface area contributed by atoms with Crippen LogP contribution in [-0.4, -0.2) is 52.6 Å². The number of imide groups is 2. The molecule has 2 saturated heterocycles. The van der Waals surface area contributed by atoms with E-state index in [0.717, 1.165) is 17.0 Å². The number of benzene rings is 2. The Bertz CT molecular complexity index is 1320. The largest absolute Gasteiger partial charge is 0.380 e. The molecule has 0 radical (unpaired) electrons. The molecule has 3 aliphatic heterocycles. The normalized spacial score (nSPS) is 22.9. The maximum atomic E-state index is 13.3. The average Bonchev–Trinajstić information content (AvgIpc) is 3.14. The van der Waals surface area contributed by atoms with E-state index >= 15 is 0 Å². The molecular weight excluding hydrogens is 480 g/mol. The summed E-state index contributed by atoms with van der Waals surface area (Å²) in [6.07, 6.45) is 7.14. The number of carbonyl (C=O) groups is 4. The van der Waals surface area contributed by atoms with E-state index in [2.05, 4.69) is 40.7 Å². The summed E-state index contributed by atoms with van der Waals surface area (Å²) in [4.78, 5) is 53.9. The predicted octanol–water partition coefficient (Wildman–Crippen LogP) is 3.77. The summed E-state index contributed by atoms with van der Waals surface area (Å²) < 4.78 is 0. The Labute approximate surface area is 222 Å². The van der Waals surface area contributed by atoms with Crippen LogP contribution in [0.25, 0.3) is 0 Å². The van der Waals surface area contributed by atoms with Crippen molar-refractivity contribution in [1.82, 2.24) is 15.1 Å². The second kappa shape index (κ2) is 9.66. The van der Waals surface area contributed by atoms with Gasteiger partial charge >= 0.3 is 0 Å². The summed E-state index contributed by atoms with van der Waals surface area (Å²) in [6.45, 7) is 6.00. The van der Waals surface area contributed by atoms with Crippen molar-refractivity contribution >= 4 is 29.3 Å². The highest BCUT2D eigenvalue weighted by atomic mass is 16.2. The lowest BCUT2D eigenvalue weighted by Gasteiger charge is -2.48. The topological polar surface area (TPSA) is 98.8 Å². The first-order chi connectivity index (χ1) is 18.3. The number of amides is 4. The second-order valence-corrected chi connectivity index (χ2v) is 11.4. The van der Waals surface area contributed by atoms with E-state index in [9.17, 15) is 19.2 Å². The number of nitrogens with one attached hydrogen (secondary N) is 2.